The standard InChI is InChI=1S/C18H20O4/c1-10(2)15-9-14(5-6-16(15)19)22-17-11(3)7-13(18(20)21)8-12(17)4/h5-10,19H,1-4H3,(H,20,21). The van der Waals surface area contributed by atoms with Crippen LogP contribution >= 0.6 is 0 Å². The van der Waals surface area contributed by atoms with Crippen molar-refractivity contribution >= 4 is 5.97 Å². The molecule has 2 N–H and O–H groups in total. The number of phenolic OH excluding ortho intramolecular Hbond substituents is 1. The first-order valence-corrected chi connectivity index (χ1v) is 7.15. The van der Waals surface area contributed by atoms with Gasteiger partial charge in [0.15, 0.2) is 0 Å². The van der Waals surface area contributed by atoms with E-state index in [0.717, 1.165) is 16.7 Å². The number of carbonyl (C=O) groups is 1. The lowest BCUT2D eigenvalue weighted by molar-refractivity contribution is 0.0696. The van der Waals surface area contributed by atoms with Crippen LogP contribution in [0.5, 0.6) is 17.2 Å². The van der Waals surface area contributed by atoms with Gasteiger partial charge in [0.2, 0.25) is 0 Å². The molecule has 0 spiro atoms. The zero-order valence-electron chi connectivity index (χ0n) is 13.2. The molecule has 0 aliphatic carbocycles. The monoisotopic (exact) mass is 300 g/mol. The Labute approximate surface area is 130 Å². The average molecular weight is 300 g/mol. The largest absolute Gasteiger partial charge is 0.508 e. The highest BCUT2D eigenvalue weighted by Crippen LogP contribution is 2.34. The molecule has 0 unspecified atom stereocenters. The van der Waals surface area contributed by atoms with Crippen LogP contribution < -0.4 is 4.74 Å². The van der Waals surface area contributed by atoms with Crippen molar-refractivity contribution in [2.24, 2.45) is 0 Å². The van der Waals surface area contributed by atoms with E-state index >= 15 is 0 Å². The van der Waals surface area contributed by atoms with Crippen molar-refractivity contribution in [1.29, 1.82) is 0 Å². The molecule has 0 radical (unpaired) electrons. The minimum Gasteiger partial charge on any atom is -0.508 e. The van der Waals surface area contributed by atoms with E-state index in [0.29, 0.717) is 11.5 Å². The van der Waals surface area contributed by atoms with E-state index in [1.54, 1.807) is 24.3 Å². The number of carboxylic acid groups (broad SMARTS) is 1. The summed E-state index contributed by atoms with van der Waals surface area (Å²) < 4.78 is 5.92. The maximum atomic E-state index is 11.1. The van der Waals surface area contributed by atoms with E-state index in [1.807, 2.05) is 33.8 Å². The molecular weight excluding hydrogens is 280 g/mol. The molecule has 0 aliphatic rings. The summed E-state index contributed by atoms with van der Waals surface area (Å²) in [4.78, 5) is 11.1. The minimum atomic E-state index is -0.954. The van der Waals surface area contributed by atoms with E-state index in [-0.39, 0.29) is 17.2 Å². The van der Waals surface area contributed by atoms with Crippen LogP contribution in [0.2, 0.25) is 0 Å². The summed E-state index contributed by atoms with van der Waals surface area (Å²) in [6.45, 7) is 7.63. The van der Waals surface area contributed by atoms with E-state index < -0.39 is 5.97 Å². The Kier molecular flexibility index (Phi) is 4.40. The lowest BCUT2D eigenvalue weighted by Crippen LogP contribution is -2.00. The van der Waals surface area contributed by atoms with E-state index in [2.05, 4.69) is 0 Å². The van der Waals surface area contributed by atoms with Crippen molar-refractivity contribution in [2.45, 2.75) is 33.6 Å². The predicted molar refractivity (Wildman–Crippen MR) is 85.1 cm³/mol. The summed E-state index contributed by atoms with van der Waals surface area (Å²) in [5.41, 5.74) is 2.58. The lowest BCUT2D eigenvalue weighted by Gasteiger charge is -2.15. The maximum absolute atomic E-state index is 11.1. The Morgan fingerprint density at radius 2 is 1.68 bits per heavy atom. The molecule has 0 amide bonds. The topological polar surface area (TPSA) is 66.8 Å². The summed E-state index contributed by atoms with van der Waals surface area (Å²) in [5, 5.41) is 18.9. The predicted octanol–water partition coefficient (Wildman–Crippen LogP) is 4.62. The Balaban J connectivity index is 2.39. The van der Waals surface area contributed by atoms with Crippen molar-refractivity contribution in [3.8, 4) is 17.2 Å². The molecule has 4 heteroatoms. The van der Waals surface area contributed by atoms with Crippen LogP contribution in [0.25, 0.3) is 0 Å². The van der Waals surface area contributed by atoms with Gasteiger partial charge < -0.3 is 14.9 Å². The number of hydrogen-bond donors (Lipinski definition) is 2. The third kappa shape index (κ3) is 3.22. The van der Waals surface area contributed by atoms with Gasteiger partial charge >= 0.3 is 5.97 Å². The fourth-order valence-corrected chi connectivity index (χ4v) is 2.41. The van der Waals surface area contributed by atoms with Crippen LogP contribution in [0.4, 0.5) is 0 Å². The molecule has 4 nitrogen and oxygen atoms in total. The number of rotatable bonds is 4. The molecule has 2 aromatic carbocycles. The Morgan fingerprint density at radius 1 is 1.09 bits per heavy atom. The van der Waals surface area contributed by atoms with E-state index in [1.165, 1.54) is 0 Å². The first-order valence-electron chi connectivity index (χ1n) is 7.15. The van der Waals surface area contributed by atoms with Crippen LogP contribution in [0.15, 0.2) is 30.3 Å². The van der Waals surface area contributed by atoms with Gasteiger partial charge in [0.05, 0.1) is 5.56 Å². The summed E-state index contributed by atoms with van der Waals surface area (Å²) in [7, 11) is 0. The highest BCUT2D eigenvalue weighted by molar-refractivity contribution is 5.88. The SMILES string of the molecule is Cc1cc(C(=O)O)cc(C)c1Oc1ccc(O)c(C(C)C)c1. The van der Waals surface area contributed by atoms with Crippen LogP contribution in [-0.2, 0) is 0 Å². The smallest absolute Gasteiger partial charge is 0.335 e. The van der Waals surface area contributed by atoms with Gasteiger partial charge in [0.1, 0.15) is 17.2 Å². The highest BCUT2D eigenvalue weighted by Gasteiger charge is 2.13. The number of phenols is 1. The number of benzene rings is 2. The Hall–Kier alpha value is -2.49. The molecule has 0 heterocycles. The van der Waals surface area contributed by atoms with Gasteiger partial charge in [-0.2, -0.15) is 0 Å². The van der Waals surface area contributed by atoms with Crippen molar-refractivity contribution in [3.63, 3.8) is 0 Å². The zero-order valence-corrected chi connectivity index (χ0v) is 13.2. The van der Waals surface area contributed by atoms with Crippen LogP contribution in [0.1, 0.15) is 46.8 Å². The van der Waals surface area contributed by atoms with Crippen LogP contribution in [-0.4, -0.2) is 16.2 Å². The third-order valence-electron chi connectivity index (χ3n) is 3.55. The minimum absolute atomic E-state index is 0.181. The second-order valence-corrected chi connectivity index (χ2v) is 5.72. The number of aromatic carboxylic acids is 1. The Morgan fingerprint density at radius 3 is 2.18 bits per heavy atom. The Bertz CT molecular complexity index is 694. The van der Waals surface area contributed by atoms with E-state index in [9.17, 15) is 9.90 Å². The van der Waals surface area contributed by atoms with Crippen LogP contribution in [0.3, 0.4) is 0 Å². The second-order valence-electron chi connectivity index (χ2n) is 5.72. The molecular formula is C18H20O4. The van der Waals surface area contributed by atoms with Gasteiger partial charge in [-0.15, -0.1) is 0 Å². The average Bonchev–Trinajstić information content (AvgIpc) is 2.43. The summed E-state index contributed by atoms with van der Waals surface area (Å²) in [5.74, 6) is 0.739. The number of hydrogen-bond acceptors (Lipinski definition) is 3. The highest BCUT2D eigenvalue weighted by atomic mass is 16.5. The maximum Gasteiger partial charge on any atom is 0.335 e. The number of aromatic hydroxyl groups is 1. The van der Waals surface area contributed by atoms with Gasteiger partial charge in [-0.25, -0.2) is 4.79 Å². The normalized spacial score (nSPS) is 10.8. The molecule has 0 saturated carbocycles. The van der Waals surface area contributed by atoms with Crippen molar-refractivity contribution < 1.29 is 19.7 Å². The van der Waals surface area contributed by atoms with E-state index in [4.69, 9.17) is 9.84 Å². The summed E-state index contributed by atoms with van der Waals surface area (Å²) >= 11 is 0. The quantitative estimate of drug-likeness (QED) is 0.864. The molecule has 0 fully saturated rings. The molecule has 2 aromatic rings. The zero-order chi connectivity index (χ0) is 16.4. The number of aryl methyl sites for hydroxylation is 2. The van der Waals surface area contributed by atoms with Crippen LogP contribution in [0, 0.1) is 13.8 Å². The molecule has 2 rings (SSSR count). The van der Waals surface area contributed by atoms with Crippen molar-refractivity contribution in [3.05, 3.63) is 52.6 Å². The summed E-state index contributed by atoms with van der Waals surface area (Å²) in [6.07, 6.45) is 0. The van der Waals surface area contributed by atoms with Gasteiger partial charge in [-0.05, 0) is 61.2 Å². The van der Waals surface area contributed by atoms with Gasteiger partial charge in [0, 0.05) is 5.56 Å². The first-order chi connectivity index (χ1) is 10.3. The molecule has 116 valence electrons. The second kappa shape index (κ2) is 6.10. The molecule has 0 aliphatic heterocycles. The fraction of sp³-hybridized carbons (Fsp3) is 0.278. The summed E-state index contributed by atoms with van der Waals surface area (Å²) in [6, 6.07) is 8.30. The van der Waals surface area contributed by atoms with Crippen molar-refractivity contribution in [1.82, 2.24) is 0 Å². The first kappa shape index (κ1) is 15.9. The molecule has 22 heavy (non-hydrogen) atoms. The molecule has 0 aromatic heterocycles. The van der Waals surface area contributed by atoms with Crippen molar-refractivity contribution in [2.75, 3.05) is 0 Å². The lowest BCUT2D eigenvalue weighted by atomic mass is 10.0. The fourth-order valence-electron chi connectivity index (χ4n) is 2.41. The van der Waals surface area contributed by atoms with Gasteiger partial charge in [-0.3, -0.25) is 0 Å². The molecule has 0 atom stereocenters. The van der Waals surface area contributed by atoms with Gasteiger partial charge in [0.25, 0.3) is 0 Å². The molecule has 0 saturated heterocycles. The molecule has 0 bridgehead atoms. The third-order valence-corrected chi connectivity index (χ3v) is 3.55. The number of carboxylic acids is 1. The van der Waals surface area contributed by atoms with Gasteiger partial charge in [-0.1, -0.05) is 13.8 Å². The number of ether oxygens (including phenoxy) is 1.